The van der Waals surface area contributed by atoms with Gasteiger partial charge in [0, 0.05) is 0 Å². The summed E-state index contributed by atoms with van der Waals surface area (Å²) in [4.78, 5) is 0.207. The van der Waals surface area contributed by atoms with Gasteiger partial charge in [-0.2, -0.15) is 0 Å². The topological polar surface area (TPSA) is 60.2 Å². The largest absolute Gasteiger partial charge is 0.238 e. The van der Waals surface area contributed by atoms with Gasteiger partial charge in [0.1, 0.15) is 0 Å². The van der Waals surface area contributed by atoms with E-state index in [1.165, 1.54) is 0 Å². The van der Waals surface area contributed by atoms with Gasteiger partial charge in [-0.3, -0.25) is 0 Å². The molecule has 0 unspecified atom stereocenters. The van der Waals surface area contributed by atoms with Crippen molar-refractivity contribution in [3.63, 3.8) is 0 Å². The summed E-state index contributed by atoms with van der Waals surface area (Å²) in [5, 5.41) is 4.86. The van der Waals surface area contributed by atoms with E-state index in [-0.39, 0.29) is 25.6 Å². The summed E-state index contributed by atoms with van der Waals surface area (Å²) in [6.45, 7) is 0. The molecule has 0 bridgehead atoms. The first-order chi connectivity index (χ1) is 4.61. The van der Waals surface area contributed by atoms with Crippen LogP contribution in [0.5, 0.6) is 0 Å². The average Bonchev–Trinajstić information content (AvgIpc) is 1.88. The number of allylic oxidation sites excluding steroid dienone is 2. The first-order valence-corrected chi connectivity index (χ1v) is 6.49. The zero-order valence-corrected chi connectivity index (χ0v) is 7.96. The lowest BCUT2D eigenvalue weighted by Crippen LogP contribution is -2.13. The lowest BCUT2D eigenvalue weighted by Gasteiger charge is -1.97. The second-order valence-corrected chi connectivity index (χ2v) is 5.38. The fraction of sp³-hybridized carbons (Fsp3) is 0. The predicted molar refractivity (Wildman–Crippen MR) is 50.4 cm³/mol. The van der Waals surface area contributed by atoms with Crippen LogP contribution in [-0.4, -0.2) is 12.4 Å². The molecule has 0 amide bonds. The second-order valence-electron chi connectivity index (χ2n) is 1.66. The third-order valence-corrected chi connectivity index (χ3v) is 3.41. The van der Waals surface area contributed by atoms with Crippen LogP contribution in [0, 0.1) is 0 Å². The van der Waals surface area contributed by atoms with Gasteiger partial charge >= 0.3 is 0 Å². The number of nitrogens with two attached hydrogens (primary N) is 1. The number of rotatable bonds is 1. The summed E-state index contributed by atoms with van der Waals surface area (Å²) < 4.78 is 25.0. The molecule has 0 aromatic heterocycles. The maximum atomic E-state index is 10.6. The Hall–Kier alpha value is -0.0100. The highest BCUT2D eigenvalue weighted by molar-refractivity contribution is 14.2. The molecule has 3 nitrogen and oxygen atoms in total. The van der Waals surface area contributed by atoms with E-state index >= 15 is 0 Å². The minimum Gasteiger partial charge on any atom is -0.225 e. The van der Waals surface area contributed by atoms with Gasteiger partial charge in [0.15, 0.2) is 0 Å². The zero-order valence-electron chi connectivity index (χ0n) is 4.99. The molecule has 0 aliphatic carbocycles. The van der Waals surface area contributed by atoms with E-state index in [0.29, 0.717) is 0 Å². The molecule has 5 heteroatoms. The van der Waals surface area contributed by atoms with Crippen LogP contribution in [0.1, 0.15) is 0 Å². The van der Waals surface area contributed by atoms with Crippen molar-refractivity contribution >= 4 is 34.8 Å². The Balaban J connectivity index is 3.08. The second kappa shape index (κ2) is 2.93. The van der Waals surface area contributed by atoms with Crippen molar-refractivity contribution in [2.24, 2.45) is 5.14 Å². The molecule has 0 radical (unpaired) electrons. The van der Waals surface area contributed by atoms with Gasteiger partial charge < -0.3 is 0 Å². The number of halogens is 1. The van der Waals surface area contributed by atoms with Gasteiger partial charge in [0.2, 0.25) is 10.0 Å². The maximum absolute atomic E-state index is 10.6. The fourth-order valence-corrected chi connectivity index (χ4v) is 2.92. The van der Waals surface area contributed by atoms with Crippen LogP contribution in [0.4, 0.5) is 0 Å². The van der Waals surface area contributed by atoms with Gasteiger partial charge in [0.25, 0.3) is 0 Å². The van der Waals surface area contributed by atoms with Gasteiger partial charge in [-0.1, -0.05) is 20.7 Å². The Morgan fingerprint density at radius 2 is 2.20 bits per heavy atom. The number of primary sulfonamides is 1. The maximum Gasteiger partial charge on any atom is 0.238 e. The standard InChI is InChI=1S/C5H6INO2S/c7-10(8,9)5-1-3-6-4-2-5/h1-4H,(H2,7,8,9). The van der Waals surface area contributed by atoms with Crippen molar-refractivity contribution < 1.29 is 8.42 Å². The molecule has 2 N–H and O–H groups in total. The molecular formula is C5H6INO2S. The minimum absolute atomic E-state index is 0.0627. The Morgan fingerprint density at radius 1 is 1.50 bits per heavy atom. The van der Waals surface area contributed by atoms with Crippen LogP contribution in [0.25, 0.3) is 0 Å². The first-order valence-electron chi connectivity index (χ1n) is 2.45. The summed E-state index contributed by atoms with van der Waals surface area (Å²) in [5.74, 6) is 0. The van der Waals surface area contributed by atoms with Crippen molar-refractivity contribution in [2.45, 2.75) is 0 Å². The van der Waals surface area contributed by atoms with E-state index in [1.807, 2.05) is 8.09 Å². The lowest BCUT2D eigenvalue weighted by molar-refractivity contribution is 0.604. The van der Waals surface area contributed by atoms with E-state index in [0.717, 1.165) is 0 Å². The van der Waals surface area contributed by atoms with Crippen LogP contribution in [-0.2, 0) is 10.0 Å². The van der Waals surface area contributed by atoms with E-state index < -0.39 is 10.0 Å². The summed E-state index contributed by atoms with van der Waals surface area (Å²) in [5.41, 5.74) is 0. The normalized spacial score (nSPS) is 17.9. The summed E-state index contributed by atoms with van der Waals surface area (Å²) in [7, 11) is -3.47. The summed E-state index contributed by atoms with van der Waals surface area (Å²) >= 11 is -0.0627. The average molecular weight is 271 g/mol. The van der Waals surface area contributed by atoms with Crippen LogP contribution >= 0.6 is 20.7 Å². The van der Waals surface area contributed by atoms with Gasteiger partial charge in [-0.15, -0.1) is 0 Å². The minimum atomic E-state index is -3.47. The number of hydrogen-bond donors (Lipinski definition) is 1. The highest BCUT2D eigenvalue weighted by Gasteiger charge is 2.07. The summed E-state index contributed by atoms with van der Waals surface area (Å²) in [6.07, 6.45) is 3.12. The van der Waals surface area contributed by atoms with Crippen LogP contribution in [0.15, 0.2) is 21.1 Å². The van der Waals surface area contributed by atoms with E-state index in [2.05, 4.69) is 0 Å². The zero-order chi connectivity index (χ0) is 7.61. The van der Waals surface area contributed by atoms with Crippen LogP contribution in [0.2, 0.25) is 0 Å². The summed E-state index contributed by atoms with van der Waals surface area (Å²) in [6, 6.07) is 0. The molecule has 0 atom stereocenters. The first kappa shape index (κ1) is 8.09. The van der Waals surface area contributed by atoms with Crippen LogP contribution in [0.3, 0.4) is 0 Å². The monoisotopic (exact) mass is 271 g/mol. The van der Waals surface area contributed by atoms with Crippen molar-refractivity contribution in [1.29, 1.82) is 0 Å². The number of sulfonamides is 1. The molecule has 10 heavy (non-hydrogen) atoms. The van der Waals surface area contributed by atoms with Gasteiger partial charge in [-0.25, -0.2) is 13.6 Å². The third-order valence-electron chi connectivity index (χ3n) is 0.929. The molecular weight excluding hydrogens is 265 g/mol. The molecule has 0 saturated carbocycles. The molecule has 56 valence electrons. The molecule has 1 aliphatic rings. The molecule has 1 rings (SSSR count). The van der Waals surface area contributed by atoms with Crippen LogP contribution < -0.4 is 5.14 Å². The molecule has 1 aliphatic heterocycles. The van der Waals surface area contributed by atoms with E-state index in [9.17, 15) is 8.42 Å². The van der Waals surface area contributed by atoms with Crippen molar-refractivity contribution in [1.82, 2.24) is 0 Å². The molecule has 0 spiro atoms. The number of hydrogen-bond acceptors (Lipinski definition) is 2. The predicted octanol–water partition coefficient (Wildman–Crippen LogP) is 0.459. The molecule has 1 heterocycles. The van der Waals surface area contributed by atoms with Crippen molar-refractivity contribution in [2.75, 3.05) is 0 Å². The lowest BCUT2D eigenvalue weighted by atomic mass is 10.5. The van der Waals surface area contributed by atoms with Gasteiger partial charge in [0.05, 0.1) is 4.91 Å². The third kappa shape index (κ3) is 1.99. The van der Waals surface area contributed by atoms with Crippen molar-refractivity contribution in [3.8, 4) is 0 Å². The van der Waals surface area contributed by atoms with Gasteiger partial charge in [-0.05, 0) is 20.2 Å². The smallest absolute Gasteiger partial charge is 0.225 e. The fourth-order valence-electron chi connectivity index (χ4n) is 0.484. The molecule has 0 aromatic carbocycles. The van der Waals surface area contributed by atoms with E-state index in [4.69, 9.17) is 5.14 Å². The molecule has 0 saturated heterocycles. The Morgan fingerprint density at radius 3 is 2.50 bits per heavy atom. The van der Waals surface area contributed by atoms with E-state index in [1.54, 1.807) is 12.2 Å². The Bertz CT molecular complexity index is 313. The molecule has 0 fully saturated rings. The highest BCUT2D eigenvalue weighted by atomic mass is 127. The Labute approximate surface area is 69.4 Å². The highest BCUT2D eigenvalue weighted by Crippen LogP contribution is 2.12. The quantitative estimate of drug-likeness (QED) is 0.704. The van der Waals surface area contributed by atoms with Crippen molar-refractivity contribution in [3.05, 3.63) is 21.1 Å². The Kier molecular flexibility index (Phi) is 2.37. The SMILES string of the molecule is NS(=O)(=O)C1=CC=IC=C1. The molecule has 0 aromatic rings.